The van der Waals surface area contributed by atoms with Gasteiger partial charge in [0, 0.05) is 34.9 Å². The molecule has 0 atom stereocenters. The molecule has 0 spiro atoms. The average molecular weight is 353 g/mol. The normalized spacial score (nSPS) is 13.7. The second kappa shape index (κ2) is 6.46. The van der Waals surface area contributed by atoms with Crippen LogP contribution in [0.1, 0.15) is 11.1 Å². The van der Waals surface area contributed by atoms with E-state index in [4.69, 9.17) is 5.73 Å². The molecule has 1 aliphatic heterocycles. The highest BCUT2D eigenvalue weighted by Gasteiger charge is 2.19. The summed E-state index contributed by atoms with van der Waals surface area (Å²) >= 11 is 0. The summed E-state index contributed by atoms with van der Waals surface area (Å²) in [6.45, 7) is 11.9. The molecule has 4 rings (SSSR count). The number of anilines is 1. The SMILES string of the molecule is C=C/C=C(\C=C)N1C=Cc2ccc(-c3c[nH]c4ncnc(N)c34)cc2C1=C. The van der Waals surface area contributed by atoms with Crippen molar-refractivity contribution in [2.75, 3.05) is 5.73 Å². The molecule has 0 radical (unpaired) electrons. The van der Waals surface area contributed by atoms with Crippen molar-refractivity contribution in [1.29, 1.82) is 0 Å². The van der Waals surface area contributed by atoms with Crippen molar-refractivity contribution < 1.29 is 0 Å². The highest BCUT2D eigenvalue weighted by Crippen LogP contribution is 2.36. The summed E-state index contributed by atoms with van der Waals surface area (Å²) in [6, 6.07) is 6.25. The van der Waals surface area contributed by atoms with Gasteiger partial charge in [-0.05, 0) is 35.4 Å². The number of fused-ring (bicyclic) bond motifs is 2. The Morgan fingerprint density at radius 3 is 2.81 bits per heavy atom. The van der Waals surface area contributed by atoms with E-state index in [-0.39, 0.29) is 0 Å². The van der Waals surface area contributed by atoms with E-state index in [1.165, 1.54) is 6.33 Å². The first-order chi connectivity index (χ1) is 13.1. The molecule has 5 nitrogen and oxygen atoms in total. The van der Waals surface area contributed by atoms with Crippen LogP contribution in [0.25, 0.3) is 33.9 Å². The van der Waals surface area contributed by atoms with E-state index in [0.29, 0.717) is 5.82 Å². The van der Waals surface area contributed by atoms with Gasteiger partial charge in [0.15, 0.2) is 0 Å². The summed E-state index contributed by atoms with van der Waals surface area (Å²) in [5.41, 5.74) is 12.7. The Morgan fingerprint density at radius 1 is 1.19 bits per heavy atom. The molecule has 0 saturated heterocycles. The Morgan fingerprint density at radius 2 is 2.04 bits per heavy atom. The topological polar surface area (TPSA) is 70.8 Å². The molecule has 0 saturated carbocycles. The number of nitrogens with two attached hydrogens (primary N) is 1. The van der Waals surface area contributed by atoms with Gasteiger partial charge < -0.3 is 15.6 Å². The predicted molar refractivity (Wildman–Crippen MR) is 112 cm³/mol. The largest absolute Gasteiger partial charge is 0.383 e. The van der Waals surface area contributed by atoms with Crippen LogP contribution in [0, 0.1) is 0 Å². The number of allylic oxidation sites excluding steroid dienone is 3. The minimum atomic E-state index is 0.456. The average Bonchev–Trinajstić information content (AvgIpc) is 3.12. The number of rotatable bonds is 4. The van der Waals surface area contributed by atoms with Gasteiger partial charge in [0.25, 0.3) is 0 Å². The molecule has 0 bridgehead atoms. The quantitative estimate of drug-likeness (QED) is 0.666. The van der Waals surface area contributed by atoms with Gasteiger partial charge in [-0.1, -0.05) is 37.9 Å². The van der Waals surface area contributed by atoms with E-state index >= 15 is 0 Å². The zero-order valence-corrected chi connectivity index (χ0v) is 14.8. The smallest absolute Gasteiger partial charge is 0.143 e. The maximum absolute atomic E-state index is 6.08. The van der Waals surface area contributed by atoms with Crippen molar-refractivity contribution in [3.8, 4) is 11.1 Å². The van der Waals surface area contributed by atoms with Crippen LogP contribution in [0.3, 0.4) is 0 Å². The third-order valence-electron chi connectivity index (χ3n) is 4.64. The Balaban J connectivity index is 1.83. The summed E-state index contributed by atoms with van der Waals surface area (Å²) in [5.74, 6) is 0.456. The maximum Gasteiger partial charge on any atom is 0.143 e. The zero-order chi connectivity index (χ0) is 19.0. The minimum absolute atomic E-state index is 0.456. The standard InChI is InChI=1S/C22H19N5/c1-4-6-17(5-2)27-10-9-15-7-8-16(11-18(15)14(27)3)19-12-24-22-20(19)21(23)25-13-26-22/h4-13H,1-3H2,(H3,23,24,25,26)/b17-6+. The molecule has 132 valence electrons. The molecule has 1 aliphatic rings. The fraction of sp³-hybridized carbons (Fsp3) is 0. The molecular formula is C22H19N5. The van der Waals surface area contributed by atoms with Crippen molar-refractivity contribution in [1.82, 2.24) is 19.9 Å². The molecule has 0 aliphatic carbocycles. The van der Waals surface area contributed by atoms with Crippen LogP contribution >= 0.6 is 0 Å². The molecule has 27 heavy (non-hydrogen) atoms. The second-order valence-corrected chi connectivity index (χ2v) is 6.15. The Bertz CT molecular complexity index is 1150. The van der Waals surface area contributed by atoms with Gasteiger partial charge in [0.1, 0.15) is 17.8 Å². The van der Waals surface area contributed by atoms with Crippen LogP contribution in [-0.4, -0.2) is 19.9 Å². The fourth-order valence-electron chi connectivity index (χ4n) is 3.32. The van der Waals surface area contributed by atoms with E-state index < -0.39 is 0 Å². The number of benzene rings is 1. The number of hydrogen-bond acceptors (Lipinski definition) is 4. The van der Waals surface area contributed by atoms with Crippen molar-refractivity contribution in [2.45, 2.75) is 0 Å². The van der Waals surface area contributed by atoms with E-state index in [1.54, 1.807) is 12.2 Å². The summed E-state index contributed by atoms with van der Waals surface area (Å²) in [7, 11) is 0. The number of H-pyrrole nitrogens is 1. The maximum atomic E-state index is 6.08. The van der Waals surface area contributed by atoms with Gasteiger partial charge in [-0.3, -0.25) is 0 Å². The summed E-state index contributed by atoms with van der Waals surface area (Å²) in [4.78, 5) is 13.5. The third-order valence-corrected chi connectivity index (χ3v) is 4.64. The number of nitrogens with one attached hydrogen (secondary N) is 1. The zero-order valence-electron chi connectivity index (χ0n) is 14.8. The van der Waals surface area contributed by atoms with Gasteiger partial charge in [-0.15, -0.1) is 0 Å². The van der Waals surface area contributed by atoms with Crippen molar-refractivity contribution in [2.24, 2.45) is 0 Å². The molecule has 0 unspecified atom stereocenters. The van der Waals surface area contributed by atoms with Crippen molar-refractivity contribution in [3.63, 3.8) is 0 Å². The lowest BCUT2D eigenvalue weighted by atomic mass is 9.95. The summed E-state index contributed by atoms with van der Waals surface area (Å²) < 4.78 is 0. The van der Waals surface area contributed by atoms with Crippen LogP contribution in [0.15, 0.2) is 80.6 Å². The lowest BCUT2D eigenvalue weighted by Crippen LogP contribution is -2.16. The molecular weight excluding hydrogens is 334 g/mol. The third kappa shape index (κ3) is 2.66. The first kappa shape index (κ1) is 16.6. The van der Waals surface area contributed by atoms with E-state index in [9.17, 15) is 0 Å². The van der Waals surface area contributed by atoms with Gasteiger partial charge >= 0.3 is 0 Å². The number of hydrogen-bond donors (Lipinski definition) is 2. The van der Waals surface area contributed by atoms with Gasteiger partial charge in [0.2, 0.25) is 0 Å². The van der Waals surface area contributed by atoms with Crippen molar-refractivity contribution in [3.05, 3.63) is 91.7 Å². The van der Waals surface area contributed by atoms with Crippen LogP contribution in [0.5, 0.6) is 0 Å². The van der Waals surface area contributed by atoms with E-state index in [2.05, 4.69) is 59.0 Å². The van der Waals surface area contributed by atoms with Crippen LogP contribution in [0.4, 0.5) is 5.82 Å². The molecule has 2 aromatic heterocycles. The lowest BCUT2D eigenvalue weighted by molar-refractivity contribution is 0.681. The van der Waals surface area contributed by atoms with Crippen molar-refractivity contribution >= 4 is 28.6 Å². The monoisotopic (exact) mass is 353 g/mol. The molecule has 3 heterocycles. The predicted octanol–water partition coefficient (Wildman–Crippen LogP) is 4.72. The lowest BCUT2D eigenvalue weighted by Gasteiger charge is -2.28. The van der Waals surface area contributed by atoms with E-state index in [1.807, 2.05) is 23.4 Å². The molecule has 3 N–H and O–H groups in total. The molecule has 1 aromatic carbocycles. The highest BCUT2D eigenvalue weighted by molar-refractivity contribution is 6.00. The minimum Gasteiger partial charge on any atom is -0.383 e. The molecule has 5 heteroatoms. The summed E-state index contributed by atoms with van der Waals surface area (Å²) in [5, 5.41) is 0.824. The van der Waals surface area contributed by atoms with Gasteiger partial charge in [-0.2, -0.15) is 0 Å². The van der Waals surface area contributed by atoms with Crippen LogP contribution < -0.4 is 5.73 Å². The highest BCUT2D eigenvalue weighted by atomic mass is 15.1. The first-order valence-corrected chi connectivity index (χ1v) is 8.48. The van der Waals surface area contributed by atoms with E-state index in [0.717, 1.165) is 44.7 Å². The van der Waals surface area contributed by atoms with Gasteiger partial charge in [-0.25, -0.2) is 9.97 Å². The Hall–Kier alpha value is -3.86. The van der Waals surface area contributed by atoms with Crippen LogP contribution in [0.2, 0.25) is 0 Å². The number of aromatic nitrogens is 3. The Kier molecular flexibility index (Phi) is 3.97. The number of nitrogens with zero attached hydrogens (tertiary/aromatic N) is 3. The second-order valence-electron chi connectivity index (χ2n) is 6.15. The van der Waals surface area contributed by atoms with Gasteiger partial charge in [0.05, 0.1) is 5.39 Å². The fourth-order valence-corrected chi connectivity index (χ4v) is 3.32. The van der Waals surface area contributed by atoms with Crippen LogP contribution in [-0.2, 0) is 0 Å². The molecule has 0 amide bonds. The number of nitrogen functional groups attached to an aromatic ring is 1. The first-order valence-electron chi connectivity index (χ1n) is 8.48. The molecule has 0 fully saturated rings. The molecule has 3 aromatic rings. The summed E-state index contributed by atoms with van der Waals surface area (Å²) in [6.07, 6.45) is 12.8. The Labute approximate surface area is 157 Å². The number of aromatic amines is 1.